The third-order valence-electron chi connectivity index (χ3n) is 3.98. The highest BCUT2D eigenvalue weighted by Crippen LogP contribution is 2.30. The lowest BCUT2D eigenvalue weighted by Gasteiger charge is -2.36. The van der Waals surface area contributed by atoms with Crippen molar-refractivity contribution in [2.24, 2.45) is 5.41 Å². The number of carboxylic acid groups (broad SMARTS) is 1. The fourth-order valence-corrected chi connectivity index (χ4v) is 2.99. The molecular formula is C15H25NO2S. The van der Waals surface area contributed by atoms with Gasteiger partial charge in [-0.2, -0.15) is 0 Å². The van der Waals surface area contributed by atoms with Crippen LogP contribution in [0.1, 0.15) is 45.4 Å². The molecule has 0 aliphatic heterocycles. The SMILES string of the molecule is CCC(CC)(CN(Cc1cccs1)C(C)C)C(=O)O. The second kappa shape index (κ2) is 7.06. The van der Waals surface area contributed by atoms with E-state index in [9.17, 15) is 9.90 Å². The smallest absolute Gasteiger partial charge is 0.310 e. The van der Waals surface area contributed by atoms with Crippen molar-refractivity contribution in [1.29, 1.82) is 0 Å². The van der Waals surface area contributed by atoms with E-state index in [0.29, 0.717) is 25.4 Å². The summed E-state index contributed by atoms with van der Waals surface area (Å²) < 4.78 is 0. The quantitative estimate of drug-likeness (QED) is 0.788. The predicted octanol–water partition coefficient (Wildman–Crippen LogP) is 3.85. The molecule has 0 saturated carbocycles. The zero-order valence-electron chi connectivity index (χ0n) is 12.3. The first-order valence-corrected chi connectivity index (χ1v) is 7.83. The Kier molecular flexibility index (Phi) is 6.01. The third kappa shape index (κ3) is 4.05. The van der Waals surface area contributed by atoms with Gasteiger partial charge in [-0.25, -0.2) is 0 Å². The molecule has 0 aromatic carbocycles. The van der Waals surface area contributed by atoms with Crippen LogP contribution < -0.4 is 0 Å². The van der Waals surface area contributed by atoms with Crippen LogP contribution in [0.3, 0.4) is 0 Å². The van der Waals surface area contributed by atoms with E-state index in [0.717, 1.165) is 6.54 Å². The second-order valence-electron chi connectivity index (χ2n) is 5.37. The Morgan fingerprint density at radius 3 is 2.42 bits per heavy atom. The second-order valence-corrected chi connectivity index (χ2v) is 6.40. The molecule has 0 bridgehead atoms. The van der Waals surface area contributed by atoms with Gasteiger partial charge in [-0.1, -0.05) is 19.9 Å². The van der Waals surface area contributed by atoms with E-state index in [1.807, 2.05) is 19.9 Å². The van der Waals surface area contributed by atoms with Crippen LogP contribution in [0, 0.1) is 5.41 Å². The number of thiophene rings is 1. The summed E-state index contributed by atoms with van der Waals surface area (Å²) >= 11 is 1.73. The first-order valence-electron chi connectivity index (χ1n) is 6.95. The summed E-state index contributed by atoms with van der Waals surface area (Å²) in [6.45, 7) is 9.66. The fraction of sp³-hybridized carbons (Fsp3) is 0.667. The van der Waals surface area contributed by atoms with Crippen LogP contribution in [0.2, 0.25) is 0 Å². The molecular weight excluding hydrogens is 258 g/mol. The van der Waals surface area contributed by atoms with Gasteiger partial charge in [0.1, 0.15) is 0 Å². The molecule has 0 saturated heterocycles. The molecule has 0 spiro atoms. The summed E-state index contributed by atoms with van der Waals surface area (Å²) in [4.78, 5) is 15.2. The van der Waals surface area contributed by atoms with E-state index in [2.05, 4.69) is 30.2 Å². The van der Waals surface area contributed by atoms with Gasteiger partial charge in [0.15, 0.2) is 0 Å². The Hall–Kier alpha value is -0.870. The van der Waals surface area contributed by atoms with Crippen molar-refractivity contribution < 1.29 is 9.90 Å². The molecule has 1 aromatic rings. The van der Waals surface area contributed by atoms with Gasteiger partial charge in [0.2, 0.25) is 0 Å². The van der Waals surface area contributed by atoms with Crippen molar-refractivity contribution in [3.8, 4) is 0 Å². The maximum Gasteiger partial charge on any atom is 0.310 e. The largest absolute Gasteiger partial charge is 0.481 e. The van der Waals surface area contributed by atoms with Crippen molar-refractivity contribution in [3.05, 3.63) is 22.4 Å². The van der Waals surface area contributed by atoms with E-state index in [4.69, 9.17) is 0 Å². The summed E-state index contributed by atoms with van der Waals surface area (Å²) in [7, 11) is 0. The van der Waals surface area contributed by atoms with Crippen LogP contribution in [0.25, 0.3) is 0 Å². The van der Waals surface area contributed by atoms with Crippen LogP contribution in [0.5, 0.6) is 0 Å². The van der Waals surface area contributed by atoms with Crippen LogP contribution >= 0.6 is 11.3 Å². The highest BCUT2D eigenvalue weighted by atomic mass is 32.1. The molecule has 0 fully saturated rings. The van der Waals surface area contributed by atoms with E-state index in [-0.39, 0.29) is 0 Å². The van der Waals surface area contributed by atoms with Gasteiger partial charge in [-0.3, -0.25) is 9.69 Å². The minimum atomic E-state index is -0.672. The minimum Gasteiger partial charge on any atom is -0.481 e. The van der Waals surface area contributed by atoms with Crippen molar-refractivity contribution >= 4 is 17.3 Å². The van der Waals surface area contributed by atoms with Gasteiger partial charge in [0.25, 0.3) is 0 Å². The van der Waals surface area contributed by atoms with Crippen molar-refractivity contribution in [2.75, 3.05) is 6.54 Å². The number of hydrogen-bond acceptors (Lipinski definition) is 3. The predicted molar refractivity (Wildman–Crippen MR) is 80.5 cm³/mol. The maximum atomic E-state index is 11.6. The zero-order chi connectivity index (χ0) is 14.5. The number of carboxylic acids is 1. The van der Waals surface area contributed by atoms with Gasteiger partial charge < -0.3 is 5.11 Å². The first-order chi connectivity index (χ1) is 8.95. The summed E-state index contributed by atoms with van der Waals surface area (Å²) in [6.07, 6.45) is 1.35. The van der Waals surface area contributed by atoms with E-state index in [1.54, 1.807) is 11.3 Å². The average Bonchev–Trinajstić information content (AvgIpc) is 2.86. The molecule has 3 nitrogen and oxygen atoms in total. The highest BCUT2D eigenvalue weighted by molar-refractivity contribution is 7.09. The molecule has 1 aromatic heterocycles. The average molecular weight is 283 g/mol. The maximum absolute atomic E-state index is 11.6. The Morgan fingerprint density at radius 1 is 1.42 bits per heavy atom. The molecule has 0 unspecified atom stereocenters. The summed E-state index contributed by atoms with van der Waals surface area (Å²) in [5.74, 6) is -0.672. The standard InChI is InChI=1S/C15H25NO2S/c1-5-15(6-2,14(17)18)11-16(12(3)4)10-13-8-7-9-19-13/h7-9,12H,5-6,10-11H2,1-4H3,(H,17,18). The fourth-order valence-electron chi connectivity index (χ4n) is 2.26. The molecule has 1 heterocycles. The molecule has 0 radical (unpaired) electrons. The molecule has 0 atom stereocenters. The first kappa shape index (κ1) is 16.2. The molecule has 0 aliphatic carbocycles. The van der Waals surface area contributed by atoms with Gasteiger partial charge in [0, 0.05) is 24.0 Å². The van der Waals surface area contributed by atoms with Crippen LogP contribution in [-0.4, -0.2) is 28.6 Å². The van der Waals surface area contributed by atoms with Gasteiger partial charge >= 0.3 is 5.97 Å². The molecule has 0 aliphatic rings. The normalized spacial score (nSPS) is 12.3. The van der Waals surface area contributed by atoms with E-state index in [1.165, 1.54) is 4.88 Å². The minimum absolute atomic E-state index is 0.346. The summed E-state index contributed by atoms with van der Waals surface area (Å²) in [6, 6.07) is 4.50. The summed E-state index contributed by atoms with van der Waals surface area (Å²) in [5.41, 5.74) is -0.623. The van der Waals surface area contributed by atoms with E-state index < -0.39 is 11.4 Å². The lowest BCUT2D eigenvalue weighted by Crippen LogP contribution is -2.44. The Labute approximate surface area is 120 Å². The van der Waals surface area contributed by atoms with Crippen molar-refractivity contribution in [1.82, 2.24) is 4.90 Å². The number of nitrogens with zero attached hydrogens (tertiary/aromatic N) is 1. The number of hydrogen-bond donors (Lipinski definition) is 1. The molecule has 19 heavy (non-hydrogen) atoms. The third-order valence-corrected chi connectivity index (χ3v) is 4.84. The number of rotatable bonds is 8. The molecule has 1 N–H and O–H groups in total. The van der Waals surface area contributed by atoms with Crippen LogP contribution in [-0.2, 0) is 11.3 Å². The summed E-state index contributed by atoms with van der Waals surface area (Å²) in [5, 5.41) is 11.6. The molecule has 108 valence electrons. The topological polar surface area (TPSA) is 40.5 Å². The number of aliphatic carboxylic acids is 1. The van der Waals surface area contributed by atoms with E-state index >= 15 is 0 Å². The molecule has 0 amide bonds. The Bertz CT molecular complexity index is 383. The van der Waals surface area contributed by atoms with Gasteiger partial charge in [0.05, 0.1) is 5.41 Å². The highest BCUT2D eigenvalue weighted by Gasteiger charge is 2.37. The molecule has 1 rings (SSSR count). The van der Waals surface area contributed by atoms with Crippen LogP contribution in [0.15, 0.2) is 17.5 Å². The van der Waals surface area contributed by atoms with Crippen LogP contribution in [0.4, 0.5) is 0 Å². The van der Waals surface area contributed by atoms with Gasteiger partial charge in [-0.15, -0.1) is 11.3 Å². The van der Waals surface area contributed by atoms with Crippen molar-refractivity contribution in [2.45, 2.75) is 53.1 Å². The lowest BCUT2D eigenvalue weighted by atomic mass is 9.81. The number of carbonyl (C=O) groups is 1. The van der Waals surface area contributed by atoms with Crippen molar-refractivity contribution in [3.63, 3.8) is 0 Å². The van der Waals surface area contributed by atoms with Gasteiger partial charge in [-0.05, 0) is 38.1 Å². The molecule has 4 heteroatoms. The Morgan fingerprint density at radius 2 is 2.05 bits per heavy atom. The Balaban J connectivity index is 2.85. The monoisotopic (exact) mass is 283 g/mol. The zero-order valence-corrected chi connectivity index (χ0v) is 13.2. The lowest BCUT2D eigenvalue weighted by molar-refractivity contribution is -0.151.